The molecule has 1 aromatic heterocycles. The molecule has 0 aliphatic rings. The van der Waals surface area contributed by atoms with Crippen molar-refractivity contribution in [3.8, 4) is 0 Å². The van der Waals surface area contributed by atoms with Gasteiger partial charge in [0.25, 0.3) is 0 Å². The van der Waals surface area contributed by atoms with E-state index in [4.69, 9.17) is 5.73 Å². The van der Waals surface area contributed by atoms with E-state index < -0.39 is 15.7 Å². The van der Waals surface area contributed by atoms with Crippen molar-refractivity contribution >= 4 is 15.5 Å². The summed E-state index contributed by atoms with van der Waals surface area (Å²) in [6.45, 7) is 0. The number of pyridine rings is 1. The van der Waals surface area contributed by atoms with E-state index in [9.17, 15) is 12.8 Å². The Hall–Kier alpha value is -1.95. The van der Waals surface area contributed by atoms with E-state index in [0.717, 1.165) is 11.6 Å². The van der Waals surface area contributed by atoms with E-state index in [1.54, 1.807) is 24.5 Å². The summed E-state index contributed by atoms with van der Waals surface area (Å²) < 4.78 is 37.4. The first-order chi connectivity index (χ1) is 8.99. The third-order valence-corrected chi connectivity index (χ3v) is 4.45. The van der Waals surface area contributed by atoms with E-state index >= 15 is 0 Å². The van der Waals surface area contributed by atoms with Gasteiger partial charge in [-0.2, -0.15) is 0 Å². The Balaban J connectivity index is 2.16. The molecule has 6 heteroatoms. The minimum atomic E-state index is -3.51. The van der Waals surface area contributed by atoms with Gasteiger partial charge in [0.15, 0.2) is 9.84 Å². The summed E-state index contributed by atoms with van der Waals surface area (Å²) in [5, 5.41) is 0. The monoisotopic (exact) mass is 280 g/mol. The molecule has 0 aliphatic heterocycles. The van der Waals surface area contributed by atoms with Crippen molar-refractivity contribution in [1.82, 2.24) is 4.98 Å². The van der Waals surface area contributed by atoms with E-state index in [2.05, 4.69) is 4.98 Å². The van der Waals surface area contributed by atoms with Crippen LogP contribution in [0.3, 0.4) is 0 Å². The highest BCUT2D eigenvalue weighted by atomic mass is 32.2. The Bertz CT molecular complexity index is 672. The van der Waals surface area contributed by atoms with Gasteiger partial charge in [-0.3, -0.25) is 4.98 Å². The third-order valence-electron chi connectivity index (χ3n) is 2.74. The largest absolute Gasteiger partial charge is 0.396 e. The molecule has 0 aliphatic carbocycles. The van der Waals surface area contributed by atoms with Gasteiger partial charge in [-0.15, -0.1) is 0 Å². The van der Waals surface area contributed by atoms with Crippen molar-refractivity contribution < 1.29 is 12.8 Å². The fourth-order valence-electron chi connectivity index (χ4n) is 1.62. The highest BCUT2D eigenvalue weighted by Crippen LogP contribution is 2.18. The average Bonchev–Trinajstić information content (AvgIpc) is 2.41. The topological polar surface area (TPSA) is 73.1 Å². The summed E-state index contributed by atoms with van der Waals surface area (Å²) in [6, 6.07) is 7.03. The van der Waals surface area contributed by atoms with E-state index in [1.807, 2.05) is 0 Å². The van der Waals surface area contributed by atoms with Crippen LogP contribution < -0.4 is 5.73 Å². The number of anilines is 1. The minimum absolute atomic E-state index is 0.0479. The predicted molar refractivity (Wildman–Crippen MR) is 70.8 cm³/mol. The fraction of sp³-hybridized carbons (Fsp3) is 0.154. The summed E-state index contributed by atoms with van der Waals surface area (Å²) in [7, 11) is -3.51. The first-order valence-electron chi connectivity index (χ1n) is 5.66. The van der Waals surface area contributed by atoms with E-state index in [1.165, 1.54) is 12.1 Å². The number of nitrogens with zero attached hydrogens (tertiary/aromatic N) is 1. The Labute approximate surface area is 111 Å². The maximum absolute atomic E-state index is 13.3. The molecule has 0 fully saturated rings. The van der Waals surface area contributed by atoms with Crippen LogP contribution in [0.5, 0.6) is 0 Å². The van der Waals surface area contributed by atoms with Crippen LogP contribution in [0, 0.1) is 5.82 Å². The molecule has 2 rings (SSSR count). The first kappa shape index (κ1) is 13.5. The number of hydrogen-bond acceptors (Lipinski definition) is 4. The molecule has 0 radical (unpaired) electrons. The zero-order valence-corrected chi connectivity index (χ0v) is 10.9. The normalized spacial score (nSPS) is 11.4. The van der Waals surface area contributed by atoms with Gasteiger partial charge in [0.1, 0.15) is 5.82 Å². The van der Waals surface area contributed by atoms with Crippen LogP contribution in [0.1, 0.15) is 5.56 Å². The van der Waals surface area contributed by atoms with Gasteiger partial charge in [-0.1, -0.05) is 0 Å². The van der Waals surface area contributed by atoms with Crippen LogP contribution in [0.15, 0.2) is 47.6 Å². The predicted octanol–water partition coefficient (Wildman–Crippen LogP) is 1.82. The van der Waals surface area contributed by atoms with Crippen LogP contribution in [-0.2, 0) is 16.3 Å². The number of rotatable bonds is 4. The van der Waals surface area contributed by atoms with Gasteiger partial charge >= 0.3 is 0 Å². The number of aryl methyl sites for hydroxylation is 1. The lowest BCUT2D eigenvalue weighted by molar-refractivity contribution is 0.591. The smallest absolute Gasteiger partial charge is 0.178 e. The molecule has 100 valence electrons. The highest BCUT2D eigenvalue weighted by Gasteiger charge is 2.16. The third kappa shape index (κ3) is 3.29. The lowest BCUT2D eigenvalue weighted by Gasteiger charge is -2.05. The van der Waals surface area contributed by atoms with Crippen molar-refractivity contribution in [2.75, 3.05) is 11.5 Å². The Morgan fingerprint density at radius 2 is 1.84 bits per heavy atom. The molecule has 0 spiro atoms. The molecular weight excluding hydrogens is 267 g/mol. The Kier molecular flexibility index (Phi) is 3.80. The van der Waals surface area contributed by atoms with Crippen LogP contribution >= 0.6 is 0 Å². The van der Waals surface area contributed by atoms with Gasteiger partial charge in [-0.05, 0) is 42.3 Å². The van der Waals surface area contributed by atoms with Crippen molar-refractivity contribution in [1.29, 1.82) is 0 Å². The molecule has 2 aromatic rings. The molecular formula is C13H13FN2O2S. The zero-order chi connectivity index (χ0) is 13.9. The Morgan fingerprint density at radius 3 is 2.47 bits per heavy atom. The quantitative estimate of drug-likeness (QED) is 0.867. The second-order valence-electron chi connectivity index (χ2n) is 4.11. The number of aromatic nitrogens is 1. The van der Waals surface area contributed by atoms with Gasteiger partial charge in [0, 0.05) is 12.4 Å². The van der Waals surface area contributed by atoms with Crippen LogP contribution in [0.2, 0.25) is 0 Å². The molecule has 0 atom stereocenters. The molecule has 0 bridgehead atoms. The number of benzene rings is 1. The molecule has 0 unspecified atom stereocenters. The highest BCUT2D eigenvalue weighted by molar-refractivity contribution is 7.91. The van der Waals surface area contributed by atoms with Gasteiger partial charge < -0.3 is 5.73 Å². The molecule has 0 saturated heterocycles. The first-order valence-corrected chi connectivity index (χ1v) is 7.31. The number of halogens is 1. The van der Waals surface area contributed by atoms with Crippen molar-refractivity contribution in [2.45, 2.75) is 11.3 Å². The van der Waals surface area contributed by atoms with Crippen LogP contribution in [0.4, 0.5) is 10.1 Å². The lowest BCUT2D eigenvalue weighted by Crippen LogP contribution is -2.10. The standard InChI is InChI=1S/C13H13FN2O2S/c14-12-9-11(1-2-13(12)15)19(17,18)8-5-10-3-6-16-7-4-10/h1-4,6-7,9H,5,8,15H2. The summed E-state index contributed by atoms with van der Waals surface area (Å²) in [5.74, 6) is -0.801. The number of nitrogens with two attached hydrogens (primary N) is 1. The van der Waals surface area contributed by atoms with E-state index in [0.29, 0.717) is 6.42 Å². The molecule has 4 nitrogen and oxygen atoms in total. The maximum atomic E-state index is 13.3. The summed E-state index contributed by atoms with van der Waals surface area (Å²) >= 11 is 0. The summed E-state index contributed by atoms with van der Waals surface area (Å²) in [5.41, 5.74) is 6.13. The summed E-state index contributed by atoms with van der Waals surface area (Å²) in [4.78, 5) is 3.81. The van der Waals surface area contributed by atoms with Crippen molar-refractivity contribution in [2.24, 2.45) is 0 Å². The fourth-order valence-corrected chi connectivity index (χ4v) is 2.92. The molecule has 0 saturated carbocycles. The molecule has 2 N–H and O–H groups in total. The van der Waals surface area contributed by atoms with Gasteiger partial charge in [0.2, 0.25) is 0 Å². The van der Waals surface area contributed by atoms with Crippen LogP contribution in [-0.4, -0.2) is 19.2 Å². The molecule has 0 amide bonds. The maximum Gasteiger partial charge on any atom is 0.178 e. The number of nitrogen functional groups attached to an aromatic ring is 1. The second kappa shape index (κ2) is 5.36. The molecule has 1 aromatic carbocycles. The average molecular weight is 280 g/mol. The van der Waals surface area contributed by atoms with Gasteiger partial charge in [-0.25, -0.2) is 12.8 Å². The van der Waals surface area contributed by atoms with Crippen LogP contribution in [0.25, 0.3) is 0 Å². The second-order valence-corrected chi connectivity index (χ2v) is 6.22. The zero-order valence-electron chi connectivity index (χ0n) is 10.1. The molecule has 1 heterocycles. The van der Waals surface area contributed by atoms with Gasteiger partial charge in [0.05, 0.1) is 16.3 Å². The minimum Gasteiger partial charge on any atom is -0.396 e. The number of hydrogen-bond donors (Lipinski definition) is 1. The Morgan fingerprint density at radius 1 is 1.16 bits per heavy atom. The van der Waals surface area contributed by atoms with E-state index in [-0.39, 0.29) is 16.3 Å². The number of sulfone groups is 1. The van der Waals surface area contributed by atoms with Crippen molar-refractivity contribution in [3.63, 3.8) is 0 Å². The van der Waals surface area contributed by atoms with Crippen molar-refractivity contribution in [3.05, 3.63) is 54.1 Å². The SMILES string of the molecule is Nc1ccc(S(=O)(=O)CCc2ccncc2)cc1F. The lowest BCUT2D eigenvalue weighted by atomic mass is 10.2. The molecule has 19 heavy (non-hydrogen) atoms. The summed E-state index contributed by atoms with van der Waals surface area (Å²) in [6.07, 6.45) is 3.56.